The summed E-state index contributed by atoms with van der Waals surface area (Å²) in [5.41, 5.74) is -0.508. The lowest BCUT2D eigenvalue weighted by Crippen LogP contribution is -2.30. The molecule has 1 aromatic carbocycles. The number of anilines is 1. The lowest BCUT2D eigenvalue weighted by atomic mass is 10.1. The average Bonchev–Trinajstić information content (AvgIpc) is 2.41. The Labute approximate surface area is 113 Å². The minimum absolute atomic E-state index is 0.122. The molecule has 0 fully saturated rings. The number of alkyl halides is 3. The first-order valence-corrected chi connectivity index (χ1v) is 5.97. The fourth-order valence-electron chi connectivity index (χ4n) is 1.98. The minimum Gasteiger partial charge on any atom is -0.372 e. The maximum Gasteiger partial charge on any atom is 0.416 e. The number of hydrogen-bond acceptors (Lipinski definition) is 2. The van der Waals surface area contributed by atoms with E-state index in [0.29, 0.717) is 13.1 Å². The van der Waals surface area contributed by atoms with Crippen LogP contribution in [0.4, 0.5) is 18.9 Å². The van der Waals surface area contributed by atoms with Crippen LogP contribution in [0, 0.1) is 0 Å². The van der Waals surface area contributed by atoms with E-state index in [0.717, 1.165) is 12.1 Å². The quantitative estimate of drug-likeness (QED) is 0.734. The van der Waals surface area contributed by atoms with Gasteiger partial charge in [-0.25, -0.2) is 0 Å². The van der Waals surface area contributed by atoms with Crippen molar-refractivity contribution < 1.29 is 18.0 Å². The summed E-state index contributed by atoms with van der Waals surface area (Å²) in [6.45, 7) is 0.884. The van der Waals surface area contributed by atoms with Crippen molar-refractivity contribution in [1.29, 1.82) is 0 Å². The van der Waals surface area contributed by atoms with Crippen LogP contribution in [0.5, 0.6) is 0 Å². The Morgan fingerprint density at radius 2 is 1.74 bits per heavy atom. The number of benzene rings is 1. The number of halogens is 4. The van der Waals surface area contributed by atoms with E-state index in [1.807, 2.05) is 0 Å². The van der Waals surface area contributed by atoms with Crippen LogP contribution in [0.2, 0.25) is 5.02 Å². The molecule has 1 aromatic rings. The molecule has 104 valence electrons. The van der Waals surface area contributed by atoms with Crippen LogP contribution in [0.15, 0.2) is 12.1 Å². The Kier molecular flexibility index (Phi) is 3.38. The summed E-state index contributed by atoms with van der Waals surface area (Å²) in [7, 11) is 3.24. The van der Waals surface area contributed by atoms with Crippen LogP contribution in [-0.2, 0) is 6.18 Å². The highest BCUT2D eigenvalue weighted by Gasteiger charge is 2.34. The smallest absolute Gasteiger partial charge is 0.372 e. The highest BCUT2D eigenvalue weighted by Crippen LogP contribution is 2.38. The van der Waals surface area contributed by atoms with E-state index in [-0.39, 0.29) is 22.2 Å². The fourth-order valence-corrected chi connectivity index (χ4v) is 2.28. The number of amides is 1. The van der Waals surface area contributed by atoms with Gasteiger partial charge < -0.3 is 9.80 Å². The molecule has 1 amide bonds. The fraction of sp³-hybridized carbons (Fsp3) is 0.417. The first-order chi connectivity index (χ1) is 8.71. The molecule has 1 heterocycles. The Morgan fingerprint density at radius 1 is 1.16 bits per heavy atom. The second-order valence-electron chi connectivity index (χ2n) is 4.50. The zero-order chi connectivity index (χ0) is 14.4. The SMILES string of the molecule is CN1CCN(C)c2cc(C(F)(F)F)cc(Cl)c2C1=O. The second kappa shape index (κ2) is 4.59. The zero-order valence-electron chi connectivity index (χ0n) is 10.4. The summed E-state index contributed by atoms with van der Waals surface area (Å²) in [5, 5.41) is -0.171. The molecule has 0 spiro atoms. The van der Waals surface area contributed by atoms with Crippen LogP contribution in [0.3, 0.4) is 0 Å². The van der Waals surface area contributed by atoms with Crippen molar-refractivity contribution in [2.45, 2.75) is 6.18 Å². The molecule has 0 bridgehead atoms. The summed E-state index contributed by atoms with van der Waals surface area (Å²) in [5.74, 6) is -0.363. The molecule has 3 nitrogen and oxygen atoms in total. The van der Waals surface area contributed by atoms with Gasteiger partial charge in [0.15, 0.2) is 0 Å². The summed E-state index contributed by atoms with van der Waals surface area (Å²) < 4.78 is 38.3. The van der Waals surface area contributed by atoms with Gasteiger partial charge in [0.2, 0.25) is 0 Å². The summed E-state index contributed by atoms with van der Waals surface area (Å²) in [4.78, 5) is 15.2. The van der Waals surface area contributed by atoms with Crippen molar-refractivity contribution >= 4 is 23.2 Å². The van der Waals surface area contributed by atoms with Gasteiger partial charge in [-0.1, -0.05) is 11.6 Å². The van der Waals surface area contributed by atoms with Gasteiger partial charge in [-0.2, -0.15) is 13.2 Å². The highest BCUT2D eigenvalue weighted by molar-refractivity contribution is 6.34. The Balaban J connectivity index is 2.66. The van der Waals surface area contributed by atoms with Crippen molar-refractivity contribution in [2.75, 3.05) is 32.1 Å². The first-order valence-electron chi connectivity index (χ1n) is 5.59. The number of carbonyl (C=O) groups excluding carboxylic acids is 1. The molecule has 0 saturated carbocycles. The number of likely N-dealkylation sites (N-methyl/N-ethyl adjacent to an activating group) is 2. The van der Waals surface area contributed by atoms with E-state index in [1.54, 1.807) is 19.0 Å². The van der Waals surface area contributed by atoms with Gasteiger partial charge in [-0.15, -0.1) is 0 Å². The number of carbonyl (C=O) groups is 1. The normalized spacial score (nSPS) is 16.4. The minimum atomic E-state index is -4.49. The van der Waals surface area contributed by atoms with E-state index in [9.17, 15) is 18.0 Å². The maximum absolute atomic E-state index is 12.8. The molecule has 1 aliphatic heterocycles. The van der Waals surface area contributed by atoms with Gasteiger partial charge in [-0.3, -0.25) is 4.79 Å². The van der Waals surface area contributed by atoms with E-state index < -0.39 is 11.7 Å². The molecular weight excluding hydrogens is 281 g/mol. The molecule has 0 unspecified atom stereocenters. The number of fused-ring (bicyclic) bond motifs is 1. The van der Waals surface area contributed by atoms with Gasteiger partial charge in [0.1, 0.15) is 0 Å². The van der Waals surface area contributed by atoms with E-state index in [2.05, 4.69) is 0 Å². The van der Waals surface area contributed by atoms with E-state index in [4.69, 9.17) is 11.6 Å². The zero-order valence-corrected chi connectivity index (χ0v) is 11.1. The largest absolute Gasteiger partial charge is 0.416 e. The van der Waals surface area contributed by atoms with Crippen molar-refractivity contribution in [3.8, 4) is 0 Å². The van der Waals surface area contributed by atoms with Crippen LogP contribution >= 0.6 is 11.6 Å². The van der Waals surface area contributed by atoms with E-state index >= 15 is 0 Å². The van der Waals surface area contributed by atoms with Gasteiger partial charge in [-0.05, 0) is 12.1 Å². The van der Waals surface area contributed by atoms with Crippen LogP contribution in [-0.4, -0.2) is 38.0 Å². The highest BCUT2D eigenvalue weighted by atomic mass is 35.5. The molecule has 19 heavy (non-hydrogen) atoms. The lowest BCUT2D eigenvalue weighted by Gasteiger charge is -2.20. The topological polar surface area (TPSA) is 23.6 Å². The first kappa shape index (κ1) is 14.0. The van der Waals surface area contributed by atoms with Crippen molar-refractivity contribution in [2.24, 2.45) is 0 Å². The third-order valence-electron chi connectivity index (χ3n) is 3.14. The summed E-state index contributed by atoms with van der Waals surface area (Å²) in [6, 6.07) is 1.77. The predicted molar refractivity (Wildman–Crippen MR) is 66.7 cm³/mol. The molecule has 2 rings (SSSR count). The molecule has 0 atom stereocenters. The van der Waals surface area contributed by atoms with E-state index in [1.165, 1.54) is 4.90 Å². The van der Waals surface area contributed by atoms with Crippen LogP contribution in [0.1, 0.15) is 15.9 Å². The van der Waals surface area contributed by atoms with Crippen molar-refractivity contribution in [1.82, 2.24) is 4.90 Å². The lowest BCUT2D eigenvalue weighted by molar-refractivity contribution is -0.137. The van der Waals surface area contributed by atoms with Gasteiger partial charge in [0, 0.05) is 27.2 Å². The molecule has 0 aliphatic carbocycles. The Hall–Kier alpha value is -1.43. The molecule has 7 heteroatoms. The van der Waals surface area contributed by atoms with Gasteiger partial charge >= 0.3 is 6.18 Å². The van der Waals surface area contributed by atoms with Crippen molar-refractivity contribution in [3.63, 3.8) is 0 Å². The molecular formula is C12H12ClF3N2O. The summed E-state index contributed by atoms with van der Waals surface area (Å²) >= 11 is 5.88. The average molecular weight is 293 g/mol. The number of hydrogen-bond donors (Lipinski definition) is 0. The second-order valence-corrected chi connectivity index (χ2v) is 4.91. The third-order valence-corrected chi connectivity index (χ3v) is 3.44. The molecule has 0 N–H and O–H groups in total. The summed E-state index contributed by atoms with van der Waals surface area (Å²) in [6.07, 6.45) is -4.49. The number of nitrogens with zero attached hydrogens (tertiary/aromatic N) is 2. The third kappa shape index (κ3) is 2.49. The molecule has 1 aliphatic rings. The van der Waals surface area contributed by atoms with Crippen LogP contribution < -0.4 is 4.90 Å². The standard InChI is InChI=1S/C12H12ClF3N2O/c1-17-3-4-18(2)11(19)10-8(13)5-7(6-9(10)17)12(14,15)16/h5-6H,3-4H2,1-2H3. The van der Waals surface area contributed by atoms with Crippen molar-refractivity contribution in [3.05, 3.63) is 28.3 Å². The Morgan fingerprint density at radius 3 is 2.32 bits per heavy atom. The monoisotopic (exact) mass is 292 g/mol. The van der Waals surface area contributed by atoms with Gasteiger partial charge in [0.25, 0.3) is 5.91 Å². The molecule has 0 radical (unpaired) electrons. The van der Waals surface area contributed by atoms with Gasteiger partial charge in [0.05, 0.1) is 21.8 Å². The van der Waals surface area contributed by atoms with Crippen LogP contribution in [0.25, 0.3) is 0 Å². The predicted octanol–water partition coefficient (Wildman–Crippen LogP) is 2.88. The molecule has 0 aromatic heterocycles. The Bertz CT molecular complexity index is 530. The molecule has 0 saturated heterocycles. The maximum atomic E-state index is 12.8. The number of rotatable bonds is 0.